The molecular weight excluding hydrogens is 280 g/mol. The highest BCUT2D eigenvalue weighted by Crippen LogP contribution is 2.19. The second kappa shape index (κ2) is 6.16. The Morgan fingerprint density at radius 1 is 1.26 bits per heavy atom. The van der Waals surface area contributed by atoms with Crippen LogP contribution in [-0.4, -0.2) is 26.2 Å². The standard InChI is InChI=1S/C13H16N2O2S2/c1-15(13-14-9-10-18-13)19(16,17)11-5-8-12-6-3-2-4-7-12/h2-4,6-7,9-10H,5,8,11H2,1H3. The van der Waals surface area contributed by atoms with E-state index in [0.29, 0.717) is 11.6 Å². The summed E-state index contributed by atoms with van der Waals surface area (Å²) in [5, 5.41) is 2.28. The van der Waals surface area contributed by atoms with E-state index in [1.807, 2.05) is 30.3 Å². The highest BCUT2D eigenvalue weighted by molar-refractivity contribution is 7.92. The molecule has 0 aliphatic heterocycles. The summed E-state index contributed by atoms with van der Waals surface area (Å²) in [5.74, 6) is 0.137. The molecule has 1 aromatic carbocycles. The molecule has 2 rings (SSSR count). The summed E-state index contributed by atoms with van der Waals surface area (Å²) in [7, 11) is -1.72. The van der Waals surface area contributed by atoms with Gasteiger partial charge in [-0.05, 0) is 18.4 Å². The molecule has 19 heavy (non-hydrogen) atoms. The molecular formula is C13H16N2O2S2. The van der Waals surface area contributed by atoms with Crippen LogP contribution >= 0.6 is 11.3 Å². The van der Waals surface area contributed by atoms with Gasteiger partial charge in [-0.15, -0.1) is 11.3 Å². The zero-order chi connectivity index (χ0) is 13.7. The fourth-order valence-corrected chi connectivity index (χ4v) is 3.78. The molecule has 0 bridgehead atoms. The maximum Gasteiger partial charge on any atom is 0.236 e. The molecule has 0 radical (unpaired) electrons. The predicted octanol–water partition coefficient (Wildman–Crippen LogP) is 2.54. The molecule has 4 nitrogen and oxygen atoms in total. The van der Waals surface area contributed by atoms with Crippen LogP contribution in [0.15, 0.2) is 41.9 Å². The maximum atomic E-state index is 12.1. The van der Waals surface area contributed by atoms with Crippen LogP contribution < -0.4 is 4.31 Å². The SMILES string of the molecule is CN(c1nccs1)S(=O)(=O)CCCc1ccccc1. The number of hydrogen-bond acceptors (Lipinski definition) is 4. The largest absolute Gasteiger partial charge is 0.248 e. The summed E-state index contributed by atoms with van der Waals surface area (Å²) >= 11 is 1.32. The van der Waals surface area contributed by atoms with Crippen molar-refractivity contribution in [3.8, 4) is 0 Å². The van der Waals surface area contributed by atoms with E-state index in [2.05, 4.69) is 4.98 Å². The lowest BCUT2D eigenvalue weighted by atomic mass is 10.1. The Balaban J connectivity index is 1.91. The Bertz CT molecular complexity index is 595. The number of benzene rings is 1. The van der Waals surface area contributed by atoms with E-state index in [-0.39, 0.29) is 5.75 Å². The molecule has 0 atom stereocenters. The Hall–Kier alpha value is -1.40. The molecule has 0 spiro atoms. The minimum absolute atomic E-state index is 0.137. The van der Waals surface area contributed by atoms with Crippen molar-refractivity contribution < 1.29 is 8.42 Å². The van der Waals surface area contributed by atoms with Crippen LogP contribution in [0.5, 0.6) is 0 Å². The van der Waals surface area contributed by atoms with Crippen molar-refractivity contribution in [1.82, 2.24) is 4.98 Å². The lowest BCUT2D eigenvalue weighted by Gasteiger charge is -2.15. The van der Waals surface area contributed by atoms with Crippen molar-refractivity contribution in [2.75, 3.05) is 17.1 Å². The third-order valence-corrected chi connectivity index (χ3v) is 5.59. The van der Waals surface area contributed by atoms with Crippen LogP contribution in [0.3, 0.4) is 0 Å². The summed E-state index contributed by atoms with van der Waals surface area (Å²) in [4.78, 5) is 4.01. The Kier molecular flexibility index (Phi) is 4.55. The third-order valence-electron chi connectivity index (χ3n) is 2.82. The normalized spacial score (nSPS) is 11.4. The van der Waals surface area contributed by atoms with Crippen LogP contribution in [0.4, 0.5) is 5.13 Å². The van der Waals surface area contributed by atoms with E-state index in [1.165, 1.54) is 15.6 Å². The highest BCUT2D eigenvalue weighted by atomic mass is 32.2. The van der Waals surface area contributed by atoms with Gasteiger partial charge in [-0.3, -0.25) is 0 Å². The molecule has 6 heteroatoms. The third kappa shape index (κ3) is 3.78. The van der Waals surface area contributed by atoms with Crippen molar-refractivity contribution in [2.24, 2.45) is 0 Å². The smallest absolute Gasteiger partial charge is 0.236 e. The quantitative estimate of drug-likeness (QED) is 0.823. The van der Waals surface area contributed by atoms with Gasteiger partial charge in [-0.2, -0.15) is 0 Å². The molecule has 0 saturated heterocycles. The average molecular weight is 296 g/mol. The zero-order valence-corrected chi connectivity index (χ0v) is 12.3. The van der Waals surface area contributed by atoms with Crippen LogP contribution in [0, 0.1) is 0 Å². The molecule has 0 amide bonds. The van der Waals surface area contributed by atoms with Gasteiger partial charge in [0.15, 0.2) is 5.13 Å². The van der Waals surface area contributed by atoms with E-state index in [9.17, 15) is 8.42 Å². The van der Waals surface area contributed by atoms with E-state index < -0.39 is 10.0 Å². The Morgan fingerprint density at radius 2 is 2.00 bits per heavy atom. The van der Waals surface area contributed by atoms with Gasteiger partial charge in [0.2, 0.25) is 10.0 Å². The number of aryl methyl sites for hydroxylation is 1. The topological polar surface area (TPSA) is 50.3 Å². The van der Waals surface area contributed by atoms with Gasteiger partial charge in [0, 0.05) is 18.6 Å². The van der Waals surface area contributed by atoms with Crippen molar-refractivity contribution in [1.29, 1.82) is 0 Å². The van der Waals surface area contributed by atoms with Crippen molar-refractivity contribution in [2.45, 2.75) is 12.8 Å². The molecule has 1 heterocycles. The summed E-state index contributed by atoms with van der Waals surface area (Å²) in [6.07, 6.45) is 2.99. The van der Waals surface area contributed by atoms with Crippen molar-refractivity contribution >= 4 is 26.5 Å². The first-order valence-electron chi connectivity index (χ1n) is 5.99. The number of rotatable bonds is 6. The summed E-state index contributed by atoms with van der Waals surface area (Å²) in [5.41, 5.74) is 1.16. The number of aromatic nitrogens is 1. The van der Waals surface area contributed by atoms with Gasteiger partial charge >= 0.3 is 0 Å². The minimum Gasteiger partial charge on any atom is -0.248 e. The van der Waals surface area contributed by atoms with E-state index >= 15 is 0 Å². The predicted molar refractivity (Wildman–Crippen MR) is 79.1 cm³/mol. The summed E-state index contributed by atoms with van der Waals surface area (Å²) in [6, 6.07) is 9.90. The number of nitrogens with zero attached hydrogens (tertiary/aromatic N) is 2. The van der Waals surface area contributed by atoms with Crippen molar-refractivity contribution in [3.05, 3.63) is 47.5 Å². The summed E-state index contributed by atoms with van der Waals surface area (Å²) < 4.78 is 25.5. The van der Waals surface area contributed by atoms with E-state index in [1.54, 1.807) is 18.6 Å². The van der Waals surface area contributed by atoms with E-state index in [4.69, 9.17) is 0 Å². The molecule has 0 fully saturated rings. The lowest BCUT2D eigenvalue weighted by Crippen LogP contribution is -2.29. The molecule has 0 aliphatic rings. The first-order chi connectivity index (χ1) is 9.09. The molecule has 0 saturated carbocycles. The second-order valence-corrected chi connectivity index (χ2v) is 7.18. The number of thiazole rings is 1. The van der Waals surface area contributed by atoms with Crippen LogP contribution in [0.25, 0.3) is 0 Å². The molecule has 0 N–H and O–H groups in total. The fraction of sp³-hybridized carbons (Fsp3) is 0.308. The monoisotopic (exact) mass is 296 g/mol. The molecule has 102 valence electrons. The fourth-order valence-electron chi connectivity index (χ4n) is 1.73. The Morgan fingerprint density at radius 3 is 2.63 bits per heavy atom. The Labute approximate surface area is 117 Å². The van der Waals surface area contributed by atoms with Gasteiger partial charge in [0.1, 0.15) is 0 Å². The molecule has 0 aliphatic carbocycles. The number of hydrogen-bond donors (Lipinski definition) is 0. The number of anilines is 1. The number of sulfonamides is 1. The van der Waals surface area contributed by atoms with Crippen molar-refractivity contribution in [3.63, 3.8) is 0 Å². The van der Waals surface area contributed by atoms with Crippen LogP contribution in [0.2, 0.25) is 0 Å². The highest BCUT2D eigenvalue weighted by Gasteiger charge is 2.19. The molecule has 0 unspecified atom stereocenters. The summed E-state index contributed by atoms with van der Waals surface area (Å²) in [6.45, 7) is 0. The first-order valence-corrected chi connectivity index (χ1v) is 8.48. The van der Waals surface area contributed by atoms with Gasteiger partial charge < -0.3 is 0 Å². The van der Waals surface area contributed by atoms with Gasteiger partial charge in [0.25, 0.3) is 0 Å². The van der Waals surface area contributed by atoms with Gasteiger partial charge in [-0.25, -0.2) is 17.7 Å². The first kappa shape index (κ1) is 14.0. The zero-order valence-electron chi connectivity index (χ0n) is 10.7. The average Bonchev–Trinajstić information content (AvgIpc) is 2.92. The van der Waals surface area contributed by atoms with Crippen LogP contribution in [-0.2, 0) is 16.4 Å². The maximum absolute atomic E-state index is 12.1. The molecule has 2 aromatic rings. The molecule has 1 aromatic heterocycles. The lowest BCUT2D eigenvalue weighted by molar-refractivity contribution is 0.591. The van der Waals surface area contributed by atoms with Crippen LogP contribution in [0.1, 0.15) is 12.0 Å². The second-order valence-electron chi connectivity index (χ2n) is 4.19. The minimum atomic E-state index is -3.27. The van der Waals surface area contributed by atoms with Gasteiger partial charge in [0.05, 0.1) is 5.75 Å². The van der Waals surface area contributed by atoms with Gasteiger partial charge in [-0.1, -0.05) is 30.3 Å². The van der Waals surface area contributed by atoms with E-state index in [0.717, 1.165) is 12.0 Å².